The first-order chi connectivity index (χ1) is 10.6. The molecule has 1 N–H and O–H groups in total. The van der Waals surface area contributed by atoms with Crippen molar-refractivity contribution in [1.82, 2.24) is 4.90 Å². The highest BCUT2D eigenvalue weighted by Gasteiger charge is 2.33. The summed E-state index contributed by atoms with van der Waals surface area (Å²) < 4.78 is 5.01. The lowest BCUT2D eigenvalue weighted by Gasteiger charge is -2.34. The Balaban J connectivity index is 1.98. The molecule has 1 saturated heterocycles. The van der Waals surface area contributed by atoms with Crippen LogP contribution >= 0.6 is 0 Å². The van der Waals surface area contributed by atoms with E-state index in [-0.39, 0.29) is 18.6 Å². The van der Waals surface area contributed by atoms with Gasteiger partial charge in [0.25, 0.3) is 0 Å². The second-order valence-corrected chi connectivity index (χ2v) is 5.42. The Hall–Kier alpha value is -2.30. The molecular formula is C17H21NO4. The van der Waals surface area contributed by atoms with Crippen LogP contribution in [0, 0.1) is 5.92 Å². The third-order valence-corrected chi connectivity index (χ3v) is 4.02. The lowest BCUT2D eigenvalue weighted by molar-refractivity contribution is -0.140. The summed E-state index contributed by atoms with van der Waals surface area (Å²) in [7, 11) is 0. The first-order valence-electron chi connectivity index (χ1n) is 7.44. The van der Waals surface area contributed by atoms with Crippen molar-refractivity contribution in [3.8, 4) is 0 Å². The van der Waals surface area contributed by atoms with Gasteiger partial charge in [0.2, 0.25) is 0 Å². The average Bonchev–Trinajstić information content (AvgIpc) is 2.54. The molecule has 5 heteroatoms. The number of carboxylic acid groups (broad SMARTS) is 1. The summed E-state index contributed by atoms with van der Waals surface area (Å²) in [5, 5.41) is 9.55. The minimum Gasteiger partial charge on any atom is -0.481 e. The smallest absolute Gasteiger partial charge is 0.410 e. The predicted octanol–water partition coefficient (Wildman–Crippen LogP) is 2.89. The van der Waals surface area contributed by atoms with Crippen LogP contribution in [0.15, 0.2) is 43.0 Å². The Morgan fingerprint density at radius 3 is 2.50 bits per heavy atom. The highest BCUT2D eigenvalue weighted by molar-refractivity contribution is 5.76. The number of aliphatic carboxylic acids is 1. The summed E-state index contributed by atoms with van der Waals surface area (Å²) in [5.41, 5.74) is 0.822. The molecule has 1 unspecified atom stereocenters. The molecule has 1 aromatic rings. The Kier molecular flexibility index (Phi) is 5.58. The second-order valence-electron chi connectivity index (χ2n) is 5.42. The molecule has 1 aliphatic rings. The highest BCUT2D eigenvalue weighted by Crippen LogP contribution is 2.33. The highest BCUT2D eigenvalue weighted by atomic mass is 16.6. The second kappa shape index (κ2) is 7.64. The Morgan fingerprint density at radius 2 is 1.95 bits per heavy atom. The van der Waals surface area contributed by atoms with Crippen LogP contribution in [0.4, 0.5) is 4.79 Å². The van der Waals surface area contributed by atoms with Crippen LogP contribution in [0.5, 0.6) is 0 Å². The molecular weight excluding hydrogens is 282 g/mol. The van der Waals surface area contributed by atoms with Crippen molar-refractivity contribution in [3.63, 3.8) is 0 Å². The van der Waals surface area contributed by atoms with Gasteiger partial charge in [0.15, 0.2) is 0 Å². The molecule has 0 radical (unpaired) electrons. The number of benzene rings is 1. The Morgan fingerprint density at radius 1 is 1.32 bits per heavy atom. The van der Waals surface area contributed by atoms with E-state index in [4.69, 9.17) is 4.74 Å². The van der Waals surface area contributed by atoms with E-state index < -0.39 is 11.9 Å². The van der Waals surface area contributed by atoms with Crippen molar-refractivity contribution in [2.45, 2.75) is 18.8 Å². The summed E-state index contributed by atoms with van der Waals surface area (Å²) in [5.74, 6) is -1.30. The van der Waals surface area contributed by atoms with Crippen LogP contribution in [-0.2, 0) is 9.53 Å². The number of nitrogens with zero attached hydrogens (tertiary/aromatic N) is 1. The third-order valence-electron chi connectivity index (χ3n) is 4.02. The van der Waals surface area contributed by atoms with Crippen molar-refractivity contribution in [1.29, 1.82) is 0 Å². The number of amides is 1. The van der Waals surface area contributed by atoms with Crippen LogP contribution in [0.2, 0.25) is 0 Å². The van der Waals surface area contributed by atoms with Crippen LogP contribution in [0.3, 0.4) is 0 Å². The standard InChI is InChI=1S/C17H21NO4/c1-2-12-22-17(21)18-10-8-14(9-11-18)15(16(19)20)13-6-4-3-5-7-13/h2-7,14-15H,1,8-12H2,(H,19,20). The lowest BCUT2D eigenvalue weighted by atomic mass is 9.80. The first-order valence-corrected chi connectivity index (χ1v) is 7.44. The fraction of sp³-hybridized carbons (Fsp3) is 0.412. The van der Waals surface area contributed by atoms with Gasteiger partial charge in [-0.15, -0.1) is 0 Å². The maximum atomic E-state index is 11.8. The first kappa shape index (κ1) is 16.1. The molecule has 2 rings (SSSR count). The summed E-state index contributed by atoms with van der Waals surface area (Å²) >= 11 is 0. The van der Waals surface area contributed by atoms with Gasteiger partial charge in [-0.05, 0) is 24.3 Å². The molecule has 1 aliphatic heterocycles. The molecule has 0 spiro atoms. The van der Waals surface area contributed by atoms with Gasteiger partial charge in [0.05, 0.1) is 5.92 Å². The van der Waals surface area contributed by atoms with Gasteiger partial charge in [0, 0.05) is 13.1 Å². The van der Waals surface area contributed by atoms with Gasteiger partial charge < -0.3 is 14.7 Å². The molecule has 1 aromatic carbocycles. The topological polar surface area (TPSA) is 66.8 Å². The number of piperidine rings is 1. The summed E-state index contributed by atoms with van der Waals surface area (Å²) in [6.07, 6.45) is 2.50. The van der Waals surface area contributed by atoms with Crippen LogP contribution < -0.4 is 0 Å². The van der Waals surface area contributed by atoms with Crippen molar-refractivity contribution < 1.29 is 19.4 Å². The zero-order valence-electron chi connectivity index (χ0n) is 12.5. The van der Waals surface area contributed by atoms with E-state index in [2.05, 4.69) is 6.58 Å². The number of carboxylic acids is 1. The van der Waals surface area contributed by atoms with Gasteiger partial charge in [-0.25, -0.2) is 4.79 Å². The van der Waals surface area contributed by atoms with Crippen molar-refractivity contribution in [3.05, 3.63) is 48.6 Å². The zero-order valence-corrected chi connectivity index (χ0v) is 12.5. The number of carbonyl (C=O) groups excluding carboxylic acids is 1. The van der Waals surface area contributed by atoms with E-state index in [0.717, 1.165) is 5.56 Å². The van der Waals surface area contributed by atoms with E-state index in [0.29, 0.717) is 25.9 Å². The molecule has 118 valence electrons. The number of rotatable bonds is 5. The predicted molar refractivity (Wildman–Crippen MR) is 82.7 cm³/mol. The molecule has 5 nitrogen and oxygen atoms in total. The number of likely N-dealkylation sites (tertiary alicyclic amines) is 1. The van der Waals surface area contributed by atoms with Crippen LogP contribution in [-0.4, -0.2) is 41.8 Å². The van der Waals surface area contributed by atoms with Crippen molar-refractivity contribution in [2.75, 3.05) is 19.7 Å². The monoisotopic (exact) mass is 303 g/mol. The third kappa shape index (κ3) is 3.87. The minimum absolute atomic E-state index is 0.0309. The Bertz CT molecular complexity index is 521. The molecule has 1 heterocycles. The fourth-order valence-electron chi connectivity index (χ4n) is 2.91. The maximum absolute atomic E-state index is 11.8. The SMILES string of the molecule is C=CCOC(=O)N1CCC(C(C(=O)O)c2ccccc2)CC1. The van der Waals surface area contributed by atoms with E-state index in [9.17, 15) is 14.7 Å². The van der Waals surface area contributed by atoms with Gasteiger partial charge in [-0.2, -0.15) is 0 Å². The quantitative estimate of drug-likeness (QED) is 0.849. The number of hydrogen-bond donors (Lipinski definition) is 1. The van der Waals surface area contributed by atoms with Gasteiger partial charge in [-0.1, -0.05) is 43.0 Å². The number of carbonyl (C=O) groups is 2. The van der Waals surface area contributed by atoms with Gasteiger partial charge >= 0.3 is 12.1 Å². The largest absolute Gasteiger partial charge is 0.481 e. The average molecular weight is 303 g/mol. The lowest BCUT2D eigenvalue weighted by Crippen LogP contribution is -2.41. The van der Waals surface area contributed by atoms with Crippen LogP contribution in [0.1, 0.15) is 24.3 Å². The molecule has 22 heavy (non-hydrogen) atoms. The van der Waals surface area contributed by atoms with E-state index in [1.807, 2.05) is 30.3 Å². The maximum Gasteiger partial charge on any atom is 0.410 e. The normalized spacial score (nSPS) is 16.8. The van der Waals surface area contributed by atoms with E-state index >= 15 is 0 Å². The van der Waals surface area contributed by atoms with E-state index in [1.54, 1.807) is 4.90 Å². The molecule has 1 amide bonds. The molecule has 0 bridgehead atoms. The zero-order chi connectivity index (χ0) is 15.9. The van der Waals surface area contributed by atoms with E-state index in [1.165, 1.54) is 6.08 Å². The van der Waals surface area contributed by atoms with Crippen molar-refractivity contribution >= 4 is 12.1 Å². The van der Waals surface area contributed by atoms with Gasteiger partial charge in [-0.3, -0.25) is 4.79 Å². The number of ether oxygens (including phenoxy) is 1. The minimum atomic E-state index is -0.807. The molecule has 1 atom stereocenters. The molecule has 0 saturated carbocycles. The van der Waals surface area contributed by atoms with Crippen molar-refractivity contribution in [2.24, 2.45) is 5.92 Å². The molecule has 0 aliphatic carbocycles. The summed E-state index contributed by atoms with van der Waals surface area (Å²) in [6, 6.07) is 9.29. The summed E-state index contributed by atoms with van der Waals surface area (Å²) in [4.78, 5) is 25.0. The summed E-state index contributed by atoms with van der Waals surface area (Å²) in [6.45, 7) is 4.75. The Labute approximate surface area is 130 Å². The molecule has 0 aromatic heterocycles. The number of hydrogen-bond acceptors (Lipinski definition) is 3. The fourth-order valence-corrected chi connectivity index (χ4v) is 2.91. The van der Waals surface area contributed by atoms with Gasteiger partial charge in [0.1, 0.15) is 6.61 Å². The molecule has 1 fully saturated rings. The van der Waals surface area contributed by atoms with Crippen LogP contribution in [0.25, 0.3) is 0 Å².